The second-order valence-corrected chi connectivity index (χ2v) is 4.59. The smallest absolute Gasteiger partial charge is 0.264 e. The Hall–Kier alpha value is -2.34. The van der Waals surface area contributed by atoms with Gasteiger partial charge in [-0.05, 0) is 19.1 Å². The van der Waals surface area contributed by atoms with Crippen molar-refractivity contribution in [2.45, 2.75) is 13.5 Å². The van der Waals surface area contributed by atoms with Gasteiger partial charge in [-0.2, -0.15) is 0 Å². The summed E-state index contributed by atoms with van der Waals surface area (Å²) >= 11 is 6.06. The second kappa shape index (κ2) is 4.97. The molecule has 0 saturated heterocycles. The highest BCUT2D eigenvalue weighted by Crippen LogP contribution is 2.33. The molecule has 3 rings (SSSR count). The lowest BCUT2D eigenvalue weighted by atomic mass is 10.1. The van der Waals surface area contributed by atoms with Crippen molar-refractivity contribution in [1.29, 1.82) is 0 Å². The van der Waals surface area contributed by atoms with E-state index in [-0.39, 0.29) is 0 Å². The van der Waals surface area contributed by atoms with E-state index in [2.05, 4.69) is 15.4 Å². The largest absolute Gasteiger partial charge is 0.422 e. The fourth-order valence-corrected chi connectivity index (χ4v) is 2.54. The average molecular weight is 291 g/mol. The number of aromatic nitrogens is 3. The van der Waals surface area contributed by atoms with Crippen molar-refractivity contribution in [3.8, 4) is 11.6 Å². The lowest BCUT2D eigenvalue weighted by Gasteiger charge is -2.04. The molecular weight excluding hydrogens is 280 g/mol. The van der Waals surface area contributed by atoms with Gasteiger partial charge in [-0.1, -0.05) is 22.8 Å². The Labute approximate surface area is 119 Å². The highest BCUT2D eigenvalue weighted by molar-refractivity contribution is 6.31. The van der Waals surface area contributed by atoms with E-state index in [1.165, 1.54) is 12.6 Å². The summed E-state index contributed by atoms with van der Waals surface area (Å²) < 4.78 is 7.28. The fraction of sp³-hybridized carbons (Fsp3) is 0.154. The van der Waals surface area contributed by atoms with Gasteiger partial charge in [-0.15, -0.1) is 10.2 Å². The molecular formula is C13H11ClN4O2. The summed E-state index contributed by atoms with van der Waals surface area (Å²) in [5, 5.41) is 21.2. The van der Waals surface area contributed by atoms with E-state index in [1.54, 1.807) is 6.07 Å². The van der Waals surface area contributed by atoms with Crippen molar-refractivity contribution in [3.63, 3.8) is 0 Å². The number of halogens is 1. The van der Waals surface area contributed by atoms with Crippen LogP contribution in [-0.2, 0) is 6.54 Å². The standard InChI is InChI=1S/C13H11ClN4O2/c1-2-18-11-5-8(14)3-4-9(11)10(6-16-19)12(18)13-17-15-7-20-13/h3-7,19H,2H2,1H3. The quantitative estimate of drug-likeness (QED) is 0.456. The molecule has 7 heteroatoms. The van der Waals surface area contributed by atoms with Crippen LogP contribution in [0.1, 0.15) is 12.5 Å². The average Bonchev–Trinajstić information content (AvgIpc) is 3.05. The van der Waals surface area contributed by atoms with E-state index >= 15 is 0 Å². The van der Waals surface area contributed by atoms with Gasteiger partial charge in [0.15, 0.2) is 0 Å². The number of oxime groups is 1. The summed E-state index contributed by atoms with van der Waals surface area (Å²) in [6.45, 7) is 2.69. The molecule has 6 nitrogen and oxygen atoms in total. The van der Waals surface area contributed by atoms with Crippen LogP contribution < -0.4 is 0 Å². The number of hydrogen-bond donors (Lipinski definition) is 1. The second-order valence-electron chi connectivity index (χ2n) is 4.16. The first-order valence-corrected chi connectivity index (χ1v) is 6.39. The van der Waals surface area contributed by atoms with Gasteiger partial charge in [-0.3, -0.25) is 0 Å². The zero-order chi connectivity index (χ0) is 14.1. The molecule has 0 aliphatic heterocycles. The number of benzene rings is 1. The number of fused-ring (bicyclic) bond motifs is 1. The minimum Gasteiger partial charge on any atom is -0.422 e. The van der Waals surface area contributed by atoms with Crippen LogP contribution in [-0.4, -0.2) is 26.2 Å². The molecule has 1 aromatic carbocycles. The summed E-state index contributed by atoms with van der Waals surface area (Å²) in [4.78, 5) is 0. The molecule has 0 saturated carbocycles. The summed E-state index contributed by atoms with van der Waals surface area (Å²) in [5.74, 6) is 0.370. The van der Waals surface area contributed by atoms with Crippen LogP contribution in [0.25, 0.3) is 22.5 Å². The number of hydrogen-bond acceptors (Lipinski definition) is 5. The van der Waals surface area contributed by atoms with Gasteiger partial charge in [-0.25, -0.2) is 0 Å². The lowest BCUT2D eigenvalue weighted by Crippen LogP contribution is -1.98. The van der Waals surface area contributed by atoms with Gasteiger partial charge < -0.3 is 14.2 Å². The fourth-order valence-electron chi connectivity index (χ4n) is 2.37. The van der Waals surface area contributed by atoms with Crippen molar-refractivity contribution in [1.82, 2.24) is 14.8 Å². The highest BCUT2D eigenvalue weighted by Gasteiger charge is 2.20. The van der Waals surface area contributed by atoms with E-state index in [1.807, 2.05) is 23.6 Å². The van der Waals surface area contributed by atoms with Gasteiger partial charge in [0.25, 0.3) is 5.89 Å². The van der Waals surface area contributed by atoms with Crippen LogP contribution >= 0.6 is 11.6 Å². The molecule has 0 atom stereocenters. The predicted molar refractivity (Wildman–Crippen MR) is 75.3 cm³/mol. The van der Waals surface area contributed by atoms with Crippen LogP contribution in [0.5, 0.6) is 0 Å². The van der Waals surface area contributed by atoms with Crippen molar-refractivity contribution in [3.05, 3.63) is 35.2 Å². The highest BCUT2D eigenvalue weighted by atomic mass is 35.5. The van der Waals surface area contributed by atoms with E-state index in [0.717, 1.165) is 10.9 Å². The van der Waals surface area contributed by atoms with Crippen LogP contribution in [0.15, 0.2) is 34.2 Å². The Kier molecular flexibility index (Phi) is 3.15. The molecule has 1 N–H and O–H groups in total. The van der Waals surface area contributed by atoms with Gasteiger partial charge in [0, 0.05) is 22.5 Å². The normalized spacial score (nSPS) is 11.7. The van der Waals surface area contributed by atoms with Gasteiger partial charge in [0.05, 0.1) is 11.7 Å². The SMILES string of the molecule is CCn1c(-c2nnco2)c(C=NO)c2ccc(Cl)cc21. The van der Waals surface area contributed by atoms with Crippen molar-refractivity contribution >= 4 is 28.7 Å². The molecule has 0 aliphatic carbocycles. The predicted octanol–water partition coefficient (Wildman–Crippen LogP) is 3.17. The molecule has 0 radical (unpaired) electrons. The molecule has 0 fully saturated rings. The van der Waals surface area contributed by atoms with Crippen molar-refractivity contribution < 1.29 is 9.62 Å². The summed E-state index contributed by atoms with van der Waals surface area (Å²) in [5.41, 5.74) is 2.34. The molecule has 3 aromatic rings. The third-order valence-electron chi connectivity index (χ3n) is 3.13. The van der Waals surface area contributed by atoms with E-state index in [4.69, 9.17) is 21.2 Å². The van der Waals surface area contributed by atoms with Gasteiger partial charge >= 0.3 is 0 Å². The Morgan fingerprint density at radius 3 is 3.00 bits per heavy atom. The number of nitrogens with zero attached hydrogens (tertiary/aromatic N) is 4. The van der Waals surface area contributed by atoms with Crippen LogP contribution in [0.3, 0.4) is 0 Å². The van der Waals surface area contributed by atoms with Gasteiger partial charge in [0.2, 0.25) is 6.39 Å². The third-order valence-corrected chi connectivity index (χ3v) is 3.37. The topological polar surface area (TPSA) is 76.4 Å². The van der Waals surface area contributed by atoms with Crippen molar-refractivity contribution in [2.75, 3.05) is 0 Å². The maximum Gasteiger partial charge on any atom is 0.264 e. The van der Waals surface area contributed by atoms with Crippen LogP contribution in [0.2, 0.25) is 5.02 Å². The molecule has 20 heavy (non-hydrogen) atoms. The first kappa shape index (κ1) is 12.7. The molecule has 2 aromatic heterocycles. The van der Waals surface area contributed by atoms with Crippen LogP contribution in [0, 0.1) is 0 Å². The Morgan fingerprint density at radius 2 is 2.35 bits per heavy atom. The number of rotatable bonds is 3. The minimum absolute atomic E-state index is 0.370. The third kappa shape index (κ3) is 1.85. The lowest BCUT2D eigenvalue weighted by molar-refractivity contribution is 0.322. The molecule has 0 amide bonds. The van der Waals surface area contributed by atoms with Gasteiger partial charge in [0.1, 0.15) is 5.69 Å². The van der Waals surface area contributed by atoms with E-state index in [0.29, 0.717) is 28.7 Å². The monoisotopic (exact) mass is 290 g/mol. The number of aryl methyl sites for hydroxylation is 1. The first-order chi connectivity index (χ1) is 9.76. The first-order valence-electron chi connectivity index (χ1n) is 6.02. The Morgan fingerprint density at radius 1 is 1.50 bits per heavy atom. The minimum atomic E-state index is 0.370. The molecule has 102 valence electrons. The maximum absolute atomic E-state index is 8.91. The Bertz CT molecular complexity index is 777. The van der Waals surface area contributed by atoms with E-state index < -0.39 is 0 Å². The summed E-state index contributed by atoms with van der Waals surface area (Å²) in [6, 6.07) is 5.52. The molecule has 0 spiro atoms. The zero-order valence-electron chi connectivity index (χ0n) is 10.6. The van der Waals surface area contributed by atoms with E-state index in [9.17, 15) is 0 Å². The van der Waals surface area contributed by atoms with Crippen LogP contribution in [0.4, 0.5) is 0 Å². The molecule has 0 aliphatic rings. The van der Waals surface area contributed by atoms with Crippen molar-refractivity contribution in [2.24, 2.45) is 5.16 Å². The Balaban J connectivity index is 2.44. The summed E-state index contributed by atoms with van der Waals surface area (Å²) in [6.07, 6.45) is 2.63. The molecule has 0 bridgehead atoms. The molecule has 0 unspecified atom stereocenters. The zero-order valence-corrected chi connectivity index (χ0v) is 11.4. The molecule has 2 heterocycles. The summed E-state index contributed by atoms with van der Waals surface area (Å²) in [7, 11) is 0. The maximum atomic E-state index is 8.91.